The maximum Gasteiger partial charge on any atom is 0.118 e. The molecule has 0 bridgehead atoms. The van der Waals surface area contributed by atoms with E-state index in [9.17, 15) is 0 Å². The second kappa shape index (κ2) is 3.91. The Morgan fingerprint density at radius 2 is 2.00 bits per heavy atom. The smallest absolute Gasteiger partial charge is 0.118 e. The highest BCUT2D eigenvalue weighted by atomic mass is 16.5. The summed E-state index contributed by atoms with van der Waals surface area (Å²) in [6.45, 7) is 6.44. The highest BCUT2D eigenvalue weighted by Crippen LogP contribution is 2.13. The van der Waals surface area contributed by atoms with E-state index in [0.29, 0.717) is 6.54 Å². The lowest BCUT2D eigenvalue weighted by Gasteiger charge is -2.26. The topological polar surface area (TPSA) is 61.3 Å². The van der Waals surface area contributed by atoms with Gasteiger partial charge in [-0.2, -0.15) is 0 Å². The summed E-state index contributed by atoms with van der Waals surface area (Å²) in [4.78, 5) is 0. The number of hydrogen-bond acceptors (Lipinski definition) is 3. The maximum absolute atomic E-state index is 5.49. The van der Waals surface area contributed by atoms with Gasteiger partial charge in [-0.15, -0.1) is 0 Å². The molecule has 0 aliphatic heterocycles. The Balaban J connectivity index is 3.64. The zero-order chi connectivity index (χ0) is 8.20. The molecule has 0 rings (SSSR count). The van der Waals surface area contributed by atoms with Crippen molar-refractivity contribution in [3.63, 3.8) is 0 Å². The summed E-state index contributed by atoms with van der Waals surface area (Å²) in [6.07, 6.45) is 0.621. The fraction of sp³-hybridized carbons (Fsp3) is 1.00. The van der Waals surface area contributed by atoms with Gasteiger partial charge in [0.2, 0.25) is 0 Å². The second-order valence-electron chi connectivity index (χ2n) is 3.01. The minimum atomic E-state index is -0.324. The lowest BCUT2D eigenvalue weighted by Crippen LogP contribution is -2.40. The fourth-order valence-electron chi connectivity index (χ4n) is 0.541. The highest BCUT2D eigenvalue weighted by molar-refractivity contribution is 4.67. The van der Waals surface area contributed by atoms with Crippen LogP contribution in [-0.2, 0) is 4.74 Å². The van der Waals surface area contributed by atoms with Crippen LogP contribution in [0.2, 0.25) is 0 Å². The van der Waals surface area contributed by atoms with Gasteiger partial charge in [0.05, 0.1) is 5.60 Å². The second-order valence-corrected chi connectivity index (χ2v) is 3.01. The van der Waals surface area contributed by atoms with Gasteiger partial charge in [0.1, 0.15) is 6.23 Å². The summed E-state index contributed by atoms with van der Waals surface area (Å²) in [6, 6.07) is 0. The lowest BCUT2D eigenvalue weighted by atomic mass is 10.1. The standard InChI is InChI=1S/C7H18N2O/c1-4-7(2,3)10-6(9)5-8/h6H,4-5,8-9H2,1-3H3. The van der Waals surface area contributed by atoms with Crippen LogP contribution in [0.15, 0.2) is 0 Å². The molecule has 4 N–H and O–H groups in total. The quantitative estimate of drug-likeness (QED) is 0.565. The van der Waals surface area contributed by atoms with Crippen LogP contribution in [0.5, 0.6) is 0 Å². The molecule has 0 fully saturated rings. The average Bonchev–Trinajstić information content (AvgIpc) is 1.87. The Morgan fingerprint density at radius 3 is 2.30 bits per heavy atom. The number of ether oxygens (including phenoxy) is 1. The van der Waals surface area contributed by atoms with Gasteiger partial charge < -0.3 is 16.2 Å². The van der Waals surface area contributed by atoms with Gasteiger partial charge in [-0.05, 0) is 20.3 Å². The number of rotatable bonds is 4. The van der Waals surface area contributed by atoms with E-state index < -0.39 is 0 Å². The summed E-state index contributed by atoms with van der Waals surface area (Å²) in [5, 5.41) is 0. The van der Waals surface area contributed by atoms with Crippen molar-refractivity contribution < 1.29 is 4.74 Å². The Bertz CT molecular complexity index is 93.6. The SMILES string of the molecule is CCC(C)(C)OC(N)CN. The molecule has 0 radical (unpaired) electrons. The van der Waals surface area contributed by atoms with E-state index in [2.05, 4.69) is 6.92 Å². The van der Waals surface area contributed by atoms with Gasteiger partial charge in [-0.1, -0.05) is 6.92 Å². The lowest BCUT2D eigenvalue weighted by molar-refractivity contribution is -0.0663. The van der Waals surface area contributed by atoms with Crippen molar-refractivity contribution >= 4 is 0 Å². The molecule has 62 valence electrons. The maximum atomic E-state index is 5.49. The van der Waals surface area contributed by atoms with E-state index >= 15 is 0 Å². The van der Waals surface area contributed by atoms with Crippen LogP contribution >= 0.6 is 0 Å². The van der Waals surface area contributed by atoms with Crippen LogP contribution in [0, 0.1) is 0 Å². The third kappa shape index (κ3) is 3.82. The third-order valence-electron chi connectivity index (χ3n) is 1.55. The Hall–Kier alpha value is -0.120. The monoisotopic (exact) mass is 146 g/mol. The summed E-state index contributed by atoms with van der Waals surface area (Å²) < 4.78 is 5.39. The number of hydrogen-bond donors (Lipinski definition) is 2. The normalized spacial score (nSPS) is 15.3. The molecule has 0 saturated heterocycles. The molecule has 10 heavy (non-hydrogen) atoms. The average molecular weight is 146 g/mol. The van der Waals surface area contributed by atoms with Gasteiger partial charge in [0, 0.05) is 6.54 Å². The van der Waals surface area contributed by atoms with Crippen molar-refractivity contribution in [1.29, 1.82) is 0 Å². The van der Waals surface area contributed by atoms with Crippen LogP contribution in [0.25, 0.3) is 0 Å². The van der Waals surface area contributed by atoms with Crippen LogP contribution in [-0.4, -0.2) is 18.4 Å². The van der Waals surface area contributed by atoms with Crippen molar-refractivity contribution in [3.8, 4) is 0 Å². The molecule has 0 aliphatic carbocycles. The van der Waals surface area contributed by atoms with Gasteiger partial charge in [-0.3, -0.25) is 0 Å². The van der Waals surface area contributed by atoms with E-state index in [1.165, 1.54) is 0 Å². The summed E-state index contributed by atoms with van der Waals surface area (Å²) in [5.41, 5.74) is 10.6. The zero-order valence-corrected chi connectivity index (χ0v) is 7.05. The van der Waals surface area contributed by atoms with Gasteiger partial charge in [-0.25, -0.2) is 0 Å². The van der Waals surface area contributed by atoms with Gasteiger partial charge in [0.15, 0.2) is 0 Å². The molecule has 3 heteroatoms. The third-order valence-corrected chi connectivity index (χ3v) is 1.55. The van der Waals surface area contributed by atoms with Crippen molar-refractivity contribution in [3.05, 3.63) is 0 Å². The summed E-state index contributed by atoms with van der Waals surface area (Å²) in [5.74, 6) is 0. The van der Waals surface area contributed by atoms with Gasteiger partial charge in [0.25, 0.3) is 0 Å². The first-order valence-corrected chi connectivity index (χ1v) is 3.65. The van der Waals surface area contributed by atoms with Crippen molar-refractivity contribution in [2.45, 2.75) is 39.0 Å². The minimum Gasteiger partial charge on any atom is -0.356 e. The largest absolute Gasteiger partial charge is 0.356 e. The fourth-order valence-corrected chi connectivity index (χ4v) is 0.541. The molecule has 0 saturated carbocycles. The van der Waals surface area contributed by atoms with Gasteiger partial charge >= 0.3 is 0 Å². The Morgan fingerprint density at radius 1 is 1.50 bits per heavy atom. The molecule has 1 atom stereocenters. The molecule has 0 aromatic carbocycles. The first-order chi connectivity index (χ1) is 4.52. The first kappa shape index (κ1) is 9.88. The van der Waals surface area contributed by atoms with Crippen molar-refractivity contribution in [2.75, 3.05) is 6.54 Å². The minimum absolute atomic E-state index is 0.140. The molecule has 1 unspecified atom stereocenters. The Labute approximate surface area is 62.7 Å². The number of nitrogens with two attached hydrogens (primary N) is 2. The molecular formula is C7H18N2O. The highest BCUT2D eigenvalue weighted by Gasteiger charge is 2.17. The molecular weight excluding hydrogens is 128 g/mol. The first-order valence-electron chi connectivity index (χ1n) is 3.65. The zero-order valence-electron chi connectivity index (χ0n) is 7.05. The molecule has 0 aliphatic rings. The van der Waals surface area contributed by atoms with Crippen LogP contribution in [0.4, 0.5) is 0 Å². The predicted octanol–water partition coefficient (Wildman–Crippen LogP) is 0.435. The molecule has 0 amide bonds. The van der Waals surface area contributed by atoms with E-state index in [0.717, 1.165) is 6.42 Å². The van der Waals surface area contributed by atoms with Crippen molar-refractivity contribution in [2.24, 2.45) is 11.5 Å². The van der Waals surface area contributed by atoms with E-state index in [-0.39, 0.29) is 11.8 Å². The molecule has 0 spiro atoms. The van der Waals surface area contributed by atoms with Crippen LogP contribution in [0.1, 0.15) is 27.2 Å². The summed E-state index contributed by atoms with van der Waals surface area (Å²) in [7, 11) is 0. The molecule has 0 heterocycles. The summed E-state index contributed by atoms with van der Waals surface area (Å²) >= 11 is 0. The molecule has 3 nitrogen and oxygen atoms in total. The molecule has 0 aromatic rings. The predicted molar refractivity (Wildman–Crippen MR) is 42.5 cm³/mol. The van der Waals surface area contributed by atoms with E-state index in [1.807, 2.05) is 13.8 Å². The Kier molecular flexibility index (Phi) is 3.86. The molecule has 0 aromatic heterocycles. The van der Waals surface area contributed by atoms with Crippen molar-refractivity contribution in [1.82, 2.24) is 0 Å². The van der Waals surface area contributed by atoms with E-state index in [1.54, 1.807) is 0 Å². The van der Waals surface area contributed by atoms with Crippen LogP contribution in [0.3, 0.4) is 0 Å². The van der Waals surface area contributed by atoms with E-state index in [4.69, 9.17) is 16.2 Å². The van der Waals surface area contributed by atoms with Crippen LogP contribution < -0.4 is 11.5 Å².